The molecular formula is C20H22FN5. The molecule has 0 unspecified atom stereocenters. The summed E-state index contributed by atoms with van der Waals surface area (Å²) in [4.78, 5) is 11.2. The maximum absolute atomic E-state index is 13.4. The molecule has 0 N–H and O–H groups in total. The van der Waals surface area contributed by atoms with Gasteiger partial charge in [0.2, 0.25) is 0 Å². The van der Waals surface area contributed by atoms with E-state index in [-0.39, 0.29) is 5.82 Å². The van der Waals surface area contributed by atoms with Crippen LogP contribution in [0.3, 0.4) is 0 Å². The fourth-order valence-electron chi connectivity index (χ4n) is 3.46. The van der Waals surface area contributed by atoms with E-state index in [0.717, 1.165) is 37.2 Å². The molecule has 0 aliphatic carbocycles. The topological polar surface area (TPSA) is 46.8 Å². The lowest BCUT2D eigenvalue weighted by molar-refractivity contribution is 0.210. The number of fused-ring (bicyclic) bond motifs is 1. The highest BCUT2D eigenvalue weighted by Gasteiger charge is 2.20. The molecule has 6 heteroatoms. The zero-order valence-electron chi connectivity index (χ0n) is 15.1. The van der Waals surface area contributed by atoms with Crippen LogP contribution in [0.1, 0.15) is 35.8 Å². The quantitative estimate of drug-likeness (QED) is 0.722. The Balaban J connectivity index is 1.55. The van der Waals surface area contributed by atoms with Crippen LogP contribution in [0, 0.1) is 12.7 Å². The first-order chi connectivity index (χ1) is 12.6. The summed E-state index contributed by atoms with van der Waals surface area (Å²) in [5.41, 5.74) is 4.19. The van der Waals surface area contributed by atoms with Gasteiger partial charge in [0.25, 0.3) is 0 Å². The molecule has 1 aliphatic heterocycles. The molecule has 134 valence electrons. The van der Waals surface area contributed by atoms with Gasteiger partial charge >= 0.3 is 0 Å². The summed E-state index contributed by atoms with van der Waals surface area (Å²) >= 11 is 0. The Morgan fingerprint density at radius 3 is 2.73 bits per heavy atom. The van der Waals surface area contributed by atoms with Crippen molar-refractivity contribution < 1.29 is 4.39 Å². The zero-order valence-corrected chi connectivity index (χ0v) is 15.1. The number of hydrogen-bond acceptors (Lipinski definition) is 4. The minimum absolute atomic E-state index is 0.303. The lowest BCUT2D eigenvalue weighted by Crippen LogP contribution is -2.32. The number of nitrogens with zero attached hydrogens (tertiary/aromatic N) is 5. The van der Waals surface area contributed by atoms with Gasteiger partial charge in [0, 0.05) is 17.3 Å². The zero-order chi connectivity index (χ0) is 18.1. The third kappa shape index (κ3) is 3.37. The van der Waals surface area contributed by atoms with E-state index in [1.54, 1.807) is 12.3 Å². The molecule has 26 heavy (non-hydrogen) atoms. The van der Waals surface area contributed by atoms with Crippen molar-refractivity contribution in [3.8, 4) is 0 Å². The minimum Gasteiger partial charge on any atom is -0.306 e. The number of rotatable bonds is 3. The van der Waals surface area contributed by atoms with Crippen molar-refractivity contribution in [2.75, 3.05) is 20.1 Å². The van der Waals surface area contributed by atoms with Crippen LogP contribution in [0.25, 0.3) is 23.2 Å². The Hall–Kier alpha value is -2.60. The van der Waals surface area contributed by atoms with Crippen LogP contribution < -0.4 is 0 Å². The largest absolute Gasteiger partial charge is 0.306 e. The van der Waals surface area contributed by atoms with Crippen molar-refractivity contribution in [3.63, 3.8) is 0 Å². The standard InChI is InChI=1S/C20H22FN5/c1-14-15(12-23-26(14)18-7-9-25(2)10-8-18)3-5-17-13-22-19-6-4-16(21)11-20(19)24-17/h3-6,11-13,18H,7-10H2,1-2H3. The summed E-state index contributed by atoms with van der Waals surface area (Å²) < 4.78 is 15.5. The summed E-state index contributed by atoms with van der Waals surface area (Å²) in [5, 5.41) is 4.60. The van der Waals surface area contributed by atoms with Gasteiger partial charge in [0.1, 0.15) is 5.82 Å². The Labute approximate surface area is 152 Å². The molecule has 3 aromatic rings. The molecule has 0 amide bonds. The third-order valence-corrected chi connectivity index (χ3v) is 5.07. The number of hydrogen-bond donors (Lipinski definition) is 0. The van der Waals surface area contributed by atoms with Crippen molar-refractivity contribution in [1.29, 1.82) is 0 Å². The molecule has 1 aromatic carbocycles. The lowest BCUT2D eigenvalue weighted by Gasteiger charge is -2.29. The van der Waals surface area contributed by atoms with Gasteiger partial charge < -0.3 is 4.90 Å². The molecule has 5 nitrogen and oxygen atoms in total. The first kappa shape index (κ1) is 16.8. The number of aromatic nitrogens is 4. The van der Waals surface area contributed by atoms with Crippen LogP contribution in [0.15, 0.2) is 30.6 Å². The minimum atomic E-state index is -0.303. The van der Waals surface area contributed by atoms with Crippen molar-refractivity contribution in [2.45, 2.75) is 25.8 Å². The fraction of sp³-hybridized carbons (Fsp3) is 0.350. The van der Waals surface area contributed by atoms with E-state index in [9.17, 15) is 4.39 Å². The van der Waals surface area contributed by atoms with Gasteiger partial charge in [-0.2, -0.15) is 5.10 Å². The average molecular weight is 351 g/mol. The molecule has 0 radical (unpaired) electrons. The molecule has 1 saturated heterocycles. The Morgan fingerprint density at radius 1 is 1.12 bits per heavy atom. The van der Waals surface area contributed by atoms with E-state index in [1.165, 1.54) is 12.1 Å². The van der Waals surface area contributed by atoms with Gasteiger partial charge in [-0.25, -0.2) is 9.37 Å². The van der Waals surface area contributed by atoms with Crippen molar-refractivity contribution in [3.05, 3.63) is 53.4 Å². The second-order valence-corrected chi connectivity index (χ2v) is 6.93. The molecule has 0 spiro atoms. The van der Waals surface area contributed by atoms with Crippen molar-refractivity contribution in [2.24, 2.45) is 0 Å². The highest BCUT2D eigenvalue weighted by Crippen LogP contribution is 2.24. The average Bonchev–Trinajstić information content (AvgIpc) is 3.01. The third-order valence-electron chi connectivity index (χ3n) is 5.07. The number of likely N-dealkylation sites (tertiary alicyclic amines) is 1. The summed E-state index contributed by atoms with van der Waals surface area (Å²) in [6, 6.07) is 4.91. The molecule has 2 aromatic heterocycles. The molecule has 0 atom stereocenters. The van der Waals surface area contributed by atoms with Gasteiger partial charge in [-0.3, -0.25) is 9.67 Å². The van der Waals surface area contributed by atoms with E-state index >= 15 is 0 Å². The van der Waals surface area contributed by atoms with Crippen LogP contribution in [0.2, 0.25) is 0 Å². The summed E-state index contributed by atoms with van der Waals surface area (Å²) in [6.07, 6.45) is 9.77. The molecule has 1 aliphatic rings. The van der Waals surface area contributed by atoms with Gasteiger partial charge in [0.05, 0.1) is 35.2 Å². The molecule has 0 saturated carbocycles. The fourth-order valence-corrected chi connectivity index (χ4v) is 3.46. The molecule has 0 bridgehead atoms. The number of piperidine rings is 1. The van der Waals surface area contributed by atoms with Crippen molar-refractivity contribution in [1.82, 2.24) is 24.6 Å². The summed E-state index contributed by atoms with van der Waals surface area (Å²) in [5.74, 6) is -0.303. The molecule has 1 fully saturated rings. The maximum atomic E-state index is 13.4. The lowest BCUT2D eigenvalue weighted by atomic mass is 10.1. The van der Waals surface area contributed by atoms with Crippen LogP contribution in [0.4, 0.5) is 4.39 Å². The van der Waals surface area contributed by atoms with Crippen LogP contribution in [-0.2, 0) is 0 Å². The predicted octanol–water partition coefficient (Wildman–Crippen LogP) is 3.71. The number of benzene rings is 1. The van der Waals surface area contributed by atoms with E-state index in [4.69, 9.17) is 0 Å². The first-order valence-electron chi connectivity index (χ1n) is 8.93. The monoisotopic (exact) mass is 351 g/mol. The Kier molecular flexibility index (Phi) is 4.51. The SMILES string of the molecule is Cc1c(C=Cc2cnc3ccc(F)cc3n2)cnn1C1CCN(C)CC1. The molecule has 4 rings (SSSR count). The molecule has 3 heterocycles. The van der Waals surface area contributed by atoms with E-state index < -0.39 is 0 Å². The van der Waals surface area contributed by atoms with E-state index in [0.29, 0.717) is 22.8 Å². The highest BCUT2D eigenvalue weighted by molar-refractivity contribution is 5.77. The summed E-state index contributed by atoms with van der Waals surface area (Å²) in [7, 11) is 2.16. The second kappa shape index (κ2) is 6.96. The van der Waals surface area contributed by atoms with E-state index in [1.807, 2.05) is 18.3 Å². The molecular weight excluding hydrogens is 329 g/mol. The summed E-state index contributed by atoms with van der Waals surface area (Å²) in [6.45, 7) is 4.32. The first-order valence-corrected chi connectivity index (χ1v) is 8.93. The second-order valence-electron chi connectivity index (χ2n) is 6.93. The van der Waals surface area contributed by atoms with Crippen molar-refractivity contribution >= 4 is 23.2 Å². The van der Waals surface area contributed by atoms with Crippen LogP contribution in [0.5, 0.6) is 0 Å². The van der Waals surface area contributed by atoms with Gasteiger partial charge in [0.15, 0.2) is 0 Å². The Morgan fingerprint density at radius 2 is 1.92 bits per heavy atom. The van der Waals surface area contributed by atoms with Crippen LogP contribution >= 0.6 is 0 Å². The van der Waals surface area contributed by atoms with Crippen LogP contribution in [-0.4, -0.2) is 44.8 Å². The van der Waals surface area contributed by atoms with Gasteiger partial charge in [-0.15, -0.1) is 0 Å². The Bertz CT molecular complexity index is 954. The predicted molar refractivity (Wildman–Crippen MR) is 101 cm³/mol. The van der Waals surface area contributed by atoms with Gasteiger partial charge in [-0.1, -0.05) is 0 Å². The number of halogens is 1. The highest BCUT2D eigenvalue weighted by atomic mass is 19.1. The van der Waals surface area contributed by atoms with E-state index in [2.05, 4.69) is 38.6 Å². The maximum Gasteiger partial charge on any atom is 0.125 e. The van der Waals surface area contributed by atoms with Gasteiger partial charge in [-0.05, 0) is 64.2 Å². The normalized spacial score (nSPS) is 16.7. The smallest absolute Gasteiger partial charge is 0.125 e.